The van der Waals surface area contributed by atoms with E-state index >= 15 is 0 Å². The summed E-state index contributed by atoms with van der Waals surface area (Å²) < 4.78 is 0. The van der Waals surface area contributed by atoms with Crippen LogP contribution < -0.4 is 5.32 Å². The number of hydrogen-bond acceptors (Lipinski definition) is 4. The second kappa shape index (κ2) is 6.06. The van der Waals surface area contributed by atoms with Gasteiger partial charge >= 0.3 is 0 Å². The van der Waals surface area contributed by atoms with E-state index < -0.39 is 0 Å². The van der Waals surface area contributed by atoms with Crippen molar-refractivity contribution in [3.05, 3.63) is 17.0 Å². The highest BCUT2D eigenvalue weighted by Gasteiger charge is 2.38. The van der Waals surface area contributed by atoms with Gasteiger partial charge in [0.2, 0.25) is 0 Å². The van der Waals surface area contributed by atoms with Gasteiger partial charge in [0, 0.05) is 17.6 Å². The van der Waals surface area contributed by atoms with Crippen LogP contribution in [0.5, 0.6) is 0 Å². The van der Waals surface area contributed by atoms with Crippen LogP contribution in [-0.2, 0) is 6.42 Å². The SMILES string of the molecule is CCCc1c(Cl)ncnc1NCC1(N(C)C)CCC1. The van der Waals surface area contributed by atoms with Crippen molar-refractivity contribution in [2.24, 2.45) is 0 Å². The molecule has 0 unspecified atom stereocenters. The second-order valence-electron chi connectivity index (χ2n) is 5.57. The summed E-state index contributed by atoms with van der Waals surface area (Å²) in [7, 11) is 4.31. The number of nitrogens with zero attached hydrogens (tertiary/aromatic N) is 3. The summed E-state index contributed by atoms with van der Waals surface area (Å²) in [4.78, 5) is 10.8. The molecule has 5 heteroatoms. The molecule has 0 spiro atoms. The minimum Gasteiger partial charge on any atom is -0.368 e. The molecule has 0 radical (unpaired) electrons. The lowest BCUT2D eigenvalue weighted by atomic mass is 9.75. The zero-order valence-corrected chi connectivity index (χ0v) is 12.8. The average molecular weight is 283 g/mol. The first-order valence-corrected chi connectivity index (χ1v) is 7.37. The number of aromatic nitrogens is 2. The van der Waals surface area contributed by atoms with Crippen LogP contribution >= 0.6 is 11.6 Å². The minimum absolute atomic E-state index is 0.279. The molecule has 19 heavy (non-hydrogen) atoms. The van der Waals surface area contributed by atoms with Crippen molar-refractivity contribution < 1.29 is 0 Å². The molecule has 1 aliphatic rings. The standard InChI is InChI=1S/C14H23ClN4/c1-4-6-11-12(15)17-10-18-13(11)16-9-14(19(2)3)7-5-8-14/h10H,4-9H2,1-3H3,(H,16,17,18). The van der Waals surface area contributed by atoms with Gasteiger partial charge < -0.3 is 10.2 Å². The summed E-state index contributed by atoms with van der Waals surface area (Å²) in [5, 5.41) is 4.06. The fourth-order valence-corrected chi connectivity index (χ4v) is 2.86. The Labute approximate surface area is 120 Å². The highest BCUT2D eigenvalue weighted by Crippen LogP contribution is 2.36. The fourth-order valence-electron chi connectivity index (χ4n) is 2.63. The molecule has 4 nitrogen and oxygen atoms in total. The van der Waals surface area contributed by atoms with Gasteiger partial charge in [-0.15, -0.1) is 0 Å². The number of nitrogens with one attached hydrogen (secondary N) is 1. The lowest BCUT2D eigenvalue weighted by Crippen LogP contribution is -2.54. The van der Waals surface area contributed by atoms with Crippen LogP contribution in [0.3, 0.4) is 0 Å². The molecule has 1 saturated carbocycles. The van der Waals surface area contributed by atoms with Gasteiger partial charge in [-0.1, -0.05) is 24.9 Å². The van der Waals surface area contributed by atoms with Crippen LogP contribution in [0.2, 0.25) is 5.15 Å². The van der Waals surface area contributed by atoms with Gasteiger partial charge in [0.1, 0.15) is 17.3 Å². The summed E-state index contributed by atoms with van der Waals surface area (Å²) in [6.45, 7) is 3.06. The number of halogens is 1. The van der Waals surface area contributed by atoms with Crippen molar-refractivity contribution in [1.29, 1.82) is 0 Å². The van der Waals surface area contributed by atoms with E-state index in [9.17, 15) is 0 Å². The maximum atomic E-state index is 6.17. The van der Waals surface area contributed by atoms with Gasteiger partial charge in [0.15, 0.2) is 0 Å². The third kappa shape index (κ3) is 3.00. The number of rotatable bonds is 6. The predicted molar refractivity (Wildman–Crippen MR) is 79.8 cm³/mol. The Morgan fingerprint density at radius 3 is 2.63 bits per heavy atom. The van der Waals surface area contributed by atoms with E-state index in [2.05, 4.69) is 41.2 Å². The Morgan fingerprint density at radius 2 is 2.11 bits per heavy atom. The largest absolute Gasteiger partial charge is 0.368 e. The second-order valence-corrected chi connectivity index (χ2v) is 5.93. The van der Waals surface area contributed by atoms with Crippen LogP contribution in [0.1, 0.15) is 38.2 Å². The molecule has 1 aliphatic carbocycles. The molecule has 1 fully saturated rings. The number of anilines is 1. The van der Waals surface area contributed by atoms with Gasteiger partial charge in [-0.3, -0.25) is 0 Å². The molecule has 1 aromatic heterocycles. The average Bonchev–Trinajstić information content (AvgIpc) is 2.31. The molecule has 1 aromatic rings. The van der Waals surface area contributed by atoms with Crippen molar-refractivity contribution in [2.45, 2.75) is 44.6 Å². The normalized spacial score (nSPS) is 17.3. The molecule has 0 amide bonds. The van der Waals surface area contributed by atoms with Gasteiger partial charge in [-0.25, -0.2) is 9.97 Å². The molecule has 2 rings (SSSR count). The molecule has 0 bridgehead atoms. The molecule has 0 aromatic carbocycles. The summed E-state index contributed by atoms with van der Waals surface area (Å²) in [6.07, 6.45) is 7.29. The molecule has 0 saturated heterocycles. The molecule has 0 aliphatic heterocycles. The van der Waals surface area contributed by atoms with E-state index in [1.807, 2.05) is 0 Å². The Morgan fingerprint density at radius 1 is 1.37 bits per heavy atom. The van der Waals surface area contributed by atoms with Gasteiger partial charge in [-0.2, -0.15) is 0 Å². The van der Waals surface area contributed by atoms with Crippen LogP contribution in [-0.4, -0.2) is 41.0 Å². The molecular formula is C14H23ClN4. The van der Waals surface area contributed by atoms with E-state index in [1.165, 1.54) is 25.6 Å². The number of hydrogen-bond donors (Lipinski definition) is 1. The molecule has 106 valence electrons. The van der Waals surface area contributed by atoms with Crippen molar-refractivity contribution in [1.82, 2.24) is 14.9 Å². The summed E-state index contributed by atoms with van der Waals surface area (Å²) in [6, 6.07) is 0. The van der Waals surface area contributed by atoms with E-state index in [1.54, 1.807) is 0 Å². The van der Waals surface area contributed by atoms with Crippen molar-refractivity contribution in [3.8, 4) is 0 Å². The predicted octanol–water partition coefficient (Wildman–Crippen LogP) is 2.98. The lowest BCUT2D eigenvalue weighted by Gasteiger charge is -2.47. The first-order valence-electron chi connectivity index (χ1n) is 7.00. The third-order valence-corrected chi connectivity index (χ3v) is 4.54. The Balaban J connectivity index is 2.09. The molecule has 1 N–H and O–H groups in total. The van der Waals surface area contributed by atoms with Crippen LogP contribution in [0.4, 0.5) is 5.82 Å². The zero-order valence-electron chi connectivity index (χ0n) is 12.0. The monoisotopic (exact) mass is 282 g/mol. The Bertz CT molecular complexity index is 429. The smallest absolute Gasteiger partial charge is 0.137 e. The van der Waals surface area contributed by atoms with Crippen LogP contribution in [0.15, 0.2) is 6.33 Å². The summed E-state index contributed by atoms with van der Waals surface area (Å²) >= 11 is 6.17. The molecular weight excluding hydrogens is 260 g/mol. The minimum atomic E-state index is 0.279. The van der Waals surface area contributed by atoms with E-state index in [4.69, 9.17) is 11.6 Å². The van der Waals surface area contributed by atoms with Crippen LogP contribution in [0.25, 0.3) is 0 Å². The first kappa shape index (κ1) is 14.5. The summed E-state index contributed by atoms with van der Waals surface area (Å²) in [5.74, 6) is 0.898. The topological polar surface area (TPSA) is 41.1 Å². The van der Waals surface area contributed by atoms with Gasteiger partial charge in [0.05, 0.1) is 0 Å². The van der Waals surface area contributed by atoms with Crippen molar-refractivity contribution in [3.63, 3.8) is 0 Å². The highest BCUT2D eigenvalue weighted by molar-refractivity contribution is 6.30. The van der Waals surface area contributed by atoms with E-state index in [0.29, 0.717) is 5.15 Å². The lowest BCUT2D eigenvalue weighted by molar-refractivity contribution is 0.0738. The fraction of sp³-hybridized carbons (Fsp3) is 0.714. The maximum absolute atomic E-state index is 6.17. The quantitative estimate of drug-likeness (QED) is 0.815. The Hall–Kier alpha value is -0.870. The summed E-state index contributed by atoms with van der Waals surface area (Å²) in [5.41, 5.74) is 1.32. The van der Waals surface area contributed by atoms with Crippen LogP contribution in [0, 0.1) is 0 Å². The van der Waals surface area contributed by atoms with Gasteiger partial charge in [-0.05, 0) is 39.8 Å². The van der Waals surface area contributed by atoms with E-state index in [-0.39, 0.29) is 5.54 Å². The van der Waals surface area contributed by atoms with Crippen molar-refractivity contribution in [2.75, 3.05) is 26.0 Å². The van der Waals surface area contributed by atoms with Crippen molar-refractivity contribution >= 4 is 17.4 Å². The maximum Gasteiger partial charge on any atom is 0.137 e. The zero-order chi connectivity index (χ0) is 13.9. The highest BCUT2D eigenvalue weighted by atomic mass is 35.5. The van der Waals surface area contributed by atoms with Gasteiger partial charge in [0.25, 0.3) is 0 Å². The third-order valence-electron chi connectivity index (χ3n) is 4.21. The molecule has 1 heterocycles. The Kier molecular flexibility index (Phi) is 4.63. The molecule has 0 atom stereocenters. The first-order chi connectivity index (χ1) is 9.09. The number of likely N-dealkylation sites (N-methyl/N-ethyl adjacent to an activating group) is 1. The van der Waals surface area contributed by atoms with E-state index in [0.717, 1.165) is 30.8 Å².